The molecule has 2 aromatic heterocycles. The molecule has 3 aromatic carbocycles. The summed E-state index contributed by atoms with van der Waals surface area (Å²) < 4.78 is 5.22. The lowest BCUT2D eigenvalue weighted by Gasteiger charge is -2.11. The second-order valence-corrected chi connectivity index (χ2v) is 8.07. The molecule has 0 spiro atoms. The van der Waals surface area contributed by atoms with E-state index in [4.69, 9.17) is 14.7 Å². The Morgan fingerprint density at radius 2 is 1.42 bits per heavy atom. The minimum absolute atomic E-state index is 0.295. The molecule has 0 fully saturated rings. The van der Waals surface area contributed by atoms with Gasteiger partial charge in [-0.1, -0.05) is 66.7 Å². The van der Waals surface area contributed by atoms with E-state index in [0.717, 1.165) is 28.1 Å². The second kappa shape index (κ2) is 10.6. The van der Waals surface area contributed by atoms with E-state index in [1.807, 2.05) is 66.7 Å². The van der Waals surface area contributed by atoms with Gasteiger partial charge in [0.2, 0.25) is 0 Å². The summed E-state index contributed by atoms with van der Waals surface area (Å²) in [4.78, 5) is 38.5. The minimum atomic E-state index is -0.608. The highest BCUT2D eigenvalue weighted by Gasteiger charge is 2.16. The number of carbonyl (C=O) groups excluding carboxylic acids is 2. The van der Waals surface area contributed by atoms with Gasteiger partial charge in [-0.3, -0.25) is 9.78 Å². The van der Waals surface area contributed by atoms with Crippen molar-refractivity contribution in [3.63, 3.8) is 0 Å². The van der Waals surface area contributed by atoms with Gasteiger partial charge in [0.15, 0.2) is 6.61 Å². The third-order valence-corrected chi connectivity index (χ3v) is 5.54. The van der Waals surface area contributed by atoms with E-state index in [0.29, 0.717) is 23.1 Å². The van der Waals surface area contributed by atoms with Crippen molar-refractivity contribution in [2.75, 3.05) is 6.61 Å². The molecule has 2 heterocycles. The van der Waals surface area contributed by atoms with Crippen LogP contribution < -0.4 is 5.32 Å². The van der Waals surface area contributed by atoms with Crippen molar-refractivity contribution in [1.82, 2.24) is 20.3 Å². The fourth-order valence-electron chi connectivity index (χ4n) is 3.74. The van der Waals surface area contributed by atoms with Crippen LogP contribution in [-0.2, 0) is 16.1 Å². The summed E-state index contributed by atoms with van der Waals surface area (Å²) in [7, 11) is 0. The Morgan fingerprint density at radius 3 is 2.06 bits per heavy atom. The van der Waals surface area contributed by atoms with E-state index >= 15 is 0 Å². The molecular formula is C29H22N4O3. The number of hydrogen-bond donors (Lipinski definition) is 1. The van der Waals surface area contributed by atoms with Crippen LogP contribution in [0.4, 0.5) is 0 Å². The van der Waals surface area contributed by atoms with E-state index in [9.17, 15) is 9.59 Å². The van der Waals surface area contributed by atoms with Crippen LogP contribution in [0.3, 0.4) is 0 Å². The third-order valence-electron chi connectivity index (χ3n) is 5.54. The molecule has 176 valence electrons. The van der Waals surface area contributed by atoms with Gasteiger partial charge in [-0.2, -0.15) is 0 Å². The van der Waals surface area contributed by atoms with Crippen LogP contribution in [-0.4, -0.2) is 33.4 Å². The molecule has 0 aliphatic heterocycles. The molecule has 1 N–H and O–H groups in total. The predicted molar refractivity (Wildman–Crippen MR) is 137 cm³/mol. The fraction of sp³-hybridized carbons (Fsp3) is 0.0690. The number of ether oxygens (including phenoxy) is 1. The molecule has 5 rings (SSSR count). The monoisotopic (exact) mass is 474 g/mol. The van der Waals surface area contributed by atoms with E-state index in [1.54, 1.807) is 36.7 Å². The average molecular weight is 475 g/mol. The quantitative estimate of drug-likeness (QED) is 0.340. The Hall–Kier alpha value is -4.91. The molecule has 7 nitrogen and oxygen atoms in total. The number of nitrogens with zero attached hydrogens (tertiary/aromatic N) is 3. The number of aromatic nitrogens is 3. The van der Waals surface area contributed by atoms with Crippen LogP contribution in [0.15, 0.2) is 103 Å². The summed E-state index contributed by atoms with van der Waals surface area (Å²) >= 11 is 0. The van der Waals surface area contributed by atoms with Crippen LogP contribution in [0.1, 0.15) is 15.9 Å². The van der Waals surface area contributed by atoms with Gasteiger partial charge in [0, 0.05) is 30.1 Å². The Kier molecular flexibility index (Phi) is 6.71. The summed E-state index contributed by atoms with van der Waals surface area (Å²) in [5.41, 5.74) is 5.71. The topological polar surface area (TPSA) is 94.1 Å². The molecule has 0 bridgehead atoms. The van der Waals surface area contributed by atoms with Crippen molar-refractivity contribution in [3.8, 4) is 22.5 Å². The van der Waals surface area contributed by atoms with Crippen LogP contribution in [0.25, 0.3) is 33.5 Å². The number of fused-ring (bicyclic) bond motifs is 1. The summed E-state index contributed by atoms with van der Waals surface area (Å²) in [6.07, 6.45) is 3.32. The van der Waals surface area contributed by atoms with Gasteiger partial charge in [0.1, 0.15) is 0 Å². The first-order valence-electron chi connectivity index (χ1n) is 11.4. The molecule has 0 aliphatic carbocycles. The first-order chi connectivity index (χ1) is 17.7. The second-order valence-electron chi connectivity index (χ2n) is 8.07. The molecule has 0 saturated carbocycles. The highest BCUT2D eigenvalue weighted by atomic mass is 16.5. The van der Waals surface area contributed by atoms with Gasteiger partial charge in [0.25, 0.3) is 5.91 Å². The number of hydrogen-bond acceptors (Lipinski definition) is 6. The van der Waals surface area contributed by atoms with Crippen molar-refractivity contribution in [2.24, 2.45) is 0 Å². The first kappa shape index (κ1) is 22.9. The molecule has 5 aromatic rings. The molecule has 1 amide bonds. The Balaban J connectivity index is 1.37. The van der Waals surface area contributed by atoms with Crippen molar-refractivity contribution in [3.05, 3.63) is 115 Å². The van der Waals surface area contributed by atoms with Gasteiger partial charge in [0.05, 0.1) is 28.0 Å². The Morgan fingerprint density at radius 1 is 0.750 bits per heavy atom. The van der Waals surface area contributed by atoms with E-state index < -0.39 is 11.9 Å². The smallest absolute Gasteiger partial charge is 0.338 e. The highest BCUT2D eigenvalue weighted by molar-refractivity contribution is 5.96. The maximum Gasteiger partial charge on any atom is 0.338 e. The van der Waals surface area contributed by atoms with E-state index in [2.05, 4.69) is 10.3 Å². The largest absolute Gasteiger partial charge is 0.452 e. The molecule has 0 radical (unpaired) electrons. The van der Waals surface area contributed by atoms with E-state index in [-0.39, 0.29) is 6.61 Å². The fourth-order valence-corrected chi connectivity index (χ4v) is 3.74. The average Bonchev–Trinajstić information content (AvgIpc) is 2.95. The number of esters is 1. The number of amides is 1. The highest BCUT2D eigenvalue weighted by Crippen LogP contribution is 2.31. The maximum atomic E-state index is 12.6. The zero-order valence-electron chi connectivity index (χ0n) is 19.3. The van der Waals surface area contributed by atoms with Gasteiger partial charge < -0.3 is 10.1 Å². The van der Waals surface area contributed by atoms with Crippen LogP contribution in [0, 0.1) is 0 Å². The van der Waals surface area contributed by atoms with Crippen LogP contribution >= 0.6 is 0 Å². The normalized spacial score (nSPS) is 10.7. The van der Waals surface area contributed by atoms with E-state index in [1.165, 1.54) is 0 Å². The predicted octanol–water partition coefficient (Wildman–Crippen LogP) is 4.83. The lowest BCUT2D eigenvalue weighted by Crippen LogP contribution is -2.28. The molecule has 36 heavy (non-hydrogen) atoms. The number of nitrogens with one attached hydrogen (secondary N) is 1. The van der Waals surface area contributed by atoms with Crippen LogP contribution in [0.5, 0.6) is 0 Å². The SMILES string of the molecule is O=C(COC(=O)c1ccc2nc(-c3ccccc3)c(-c3ccccc3)nc2c1)NCc1cccnc1. The minimum Gasteiger partial charge on any atom is -0.452 e. The molecule has 0 unspecified atom stereocenters. The van der Waals surface area contributed by atoms with Gasteiger partial charge in [-0.25, -0.2) is 14.8 Å². The molecule has 0 saturated heterocycles. The molecular weight excluding hydrogens is 452 g/mol. The lowest BCUT2D eigenvalue weighted by atomic mass is 10.0. The van der Waals surface area contributed by atoms with Crippen molar-refractivity contribution in [1.29, 1.82) is 0 Å². The van der Waals surface area contributed by atoms with Gasteiger partial charge in [-0.15, -0.1) is 0 Å². The maximum absolute atomic E-state index is 12.6. The lowest BCUT2D eigenvalue weighted by molar-refractivity contribution is -0.124. The van der Waals surface area contributed by atoms with Gasteiger partial charge in [-0.05, 0) is 29.8 Å². The number of rotatable bonds is 7. The van der Waals surface area contributed by atoms with Crippen molar-refractivity contribution >= 4 is 22.9 Å². The summed E-state index contributed by atoms with van der Waals surface area (Å²) in [6, 6.07) is 28.3. The Labute approximate surface area is 207 Å². The van der Waals surface area contributed by atoms with Crippen LogP contribution in [0.2, 0.25) is 0 Å². The van der Waals surface area contributed by atoms with Gasteiger partial charge >= 0.3 is 5.97 Å². The summed E-state index contributed by atoms with van der Waals surface area (Å²) in [5.74, 6) is -1.00. The summed E-state index contributed by atoms with van der Waals surface area (Å²) in [6.45, 7) is -0.0766. The number of carbonyl (C=O) groups is 2. The third kappa shape index (κ3) is 5.26. The first-order valence-corrected chi connectivity index (χ1v) is 11.4. The standard InChI is InChI=1S/C29H22N4O3/c34-26(31-18-20-8-7-15-30-17-20)19-36-29(35)23-13-14-24-25(16-23)33-28(22-11-5-2-6-12-22)27(32-24)21-9-3-1-4-10-21/h1-17H,18-19H2,(H,31,34). The van der Waals surface area contributed by atoms with Crippen molar-refractivity contribution < 1.29 is 14.3 Å². The van der Waals surface area contributed by atoms with Crippen molar-refractivity contribution in [2.45, 2.75) is 6.54 Å². The number of benzene rings is 3. The zero-order valence-corrected chi connectivity index (χ0v) is 19.3. The molecule has 7 heteroatoms. The molecule has 0 aliphatic rings. The molecule has 0 atom stereocenters. The zero-order chi connectivity index (χ0) is 24.7. The number of pyridine rings is 1. The Bertz CT molecular complexity index is 1510. The summed E-state index contributed by atoms with van der Waals surface area (Å²) in [5, 5.41) is 2.70.